The zero-order valence-electron chi connectivity index (χ0n) is 13.5. The van der Waals surface area contributed by atoms with Gasteiger partial charge >= 0.3 is 5.97 Å². The summed E-state index contributed by atoms with van der Waals surface area (Å²) < 4.78 is 5.56. The zero-order chi connectivity index (χ0) is 15.8. The Morgan fingerprint density at radius 2 is 2.00 bits per heavy atom. The van der Waals surface area contributed by atoms with Gasteiger partial charge in [0.1, 0.15) is 5.58 Å². The normalized spacial score (nSPS) is 12.3. The number of furan rings is 1. The lowest BCUT2D eigenvalue weighted by atomic mass is 9.81. The van der Waals surface area contributed by atoms with Crippen LogP contribution >= 0.6 is 0 Å². The fourth-order valence-corrected chi connectivity index (χ4v) is 2.56. The van der Waals surface area contributed by atoms with E-state index < -0.39 is 5.97 Å². The van der Waals surface area contributed by atoms with Crippen LogP contribution in [-0.2, 0) is 11.8 Å². The third-order valence-corrected chi connectivity index (χ3v) is 4.26. The van der Waals surface area contributed by atoms with E-state index >= 15 is 0 Å². The standard InChI is InChI=1S/C18H24O3/c1-6-18(4,5)12-7-8-15-13(10-12)14(9-11(2)3)16(21-15)17(19)20/h7-8,10-11H,6,9H2,1-5H3,(H,19,20). The van der Waals surface area contributed by atoms with Gasteiger partial charge in [0.2, 0.25) is 5.76 Å². The van der Waals surface area contributed by atoms with Crippen molar-refractivity contribution in [2.75, 3.05) is 0 Å². The van der Waals surface area contributed by atoms with Gasteiger partial charge in [-0.3, -0.25) is 0 Å². The van der Waals surface area contributed by atoms with Crippen LogP contribution in [0.25, 0.3) is 11.0 Å². The maximum absolute atomic E-state index is 11.4. The minimum absolute atomic E-state index is 0.0734. The number of carboxylic acid groups (broad SMARTS) is 1. The summed E-state index contributed by atoms with van der Waals surface area (Å²) in [6, 6.07) is 6.05. The van der Waals surface area contributed by atoms with Crippen LogP contribution in [0.3, 0.4) is 0 Å². The van der Waals surface area contributed by atoms with Crippen molar-refractivity contribution in [2.24, 2.45) is 5.92 Å². The number of rotatable bonds is 5. The Kier molecular flexibility index (Phi) is 4.13. The van der Waals surface area contributed by atoms with Crippen LogP contribution < -0.4 is 0 Å². The molecule has 21 heavy (non-hydrogen) atoms. The monoisotopic (exact) mass is 288 g/mol. The zero-order valence-corrected chi connectivity index (χ0v) is 13.5. The van der Waals surface area contributed by atoms with Crippen LogP contribution in [-0.4, -0.2) is 11.1 Å². The number of aromatic carboxylic acids is 1. The fraction of sp³-hybridized carbons (Fsp3) is 0.500. The van der Waals surface area contributed by atoms with Gasteiger partial charge in [-0.25, -0.2) is 4.79 Å². The second-order valence-corrected chi connectivity index (χ2v) is 6.76. The summed E-state index contributed by atoms with van der Waals surface area (Å²) in [6.07, 6.45) is 1.74. The Labute approximate surface area is 126 Å². The number of carbonyl (C=O) groups is 1. The Hall–Kier alpha value is -1.77. The van der Waals surface area contributed by atoms with Gasteiger partial charge < -0.3 is 9.52 Å². The number of carboxylic acids is 1. The molecule has 0 atom stereocenters. The number of hydrogen-bond acceptors (Lipinski definition) is 2. The molecule has 3 heteroatoms. The molecule has 0 amide bonds. The van der Waals surface area contributed by atoms with Gasteiger partial charge in [-0.1, -0.05) is 40.7 Å². The molecule has 0 unspecified atom stereocenters. The van der Waals surface area contributed by atoms with Crippen LogP contribution in [0.15, 0.2) is 22.6 Å². The molecule has 1 heterocycles. The first-order valence-electron chi connectivity index (χ1n) is 7.55. The van der Waals surface area contributed by atoms with Crippen molar-refractivity contribution in [2.45, 2.75) is 52.9 Å². The van der Waals surface area contributed by atoms with Crippen molar-refractivity contribution >= 4 is 16.9 Å². The molecule has 114 valence electrons. The molecule has 0 aliphatic rings. The van der Waals surface area contributed by atoms with Crippen molar-refractivity contribution in [3.05, 3.63) is 35.1 Å². The van der Waals surface area contributed by atoms with Gasteiger partial charge in [-0.05, 0) is 41.9 Å². The van der Waals surface area contributed by atoms with E-state index in [-0.39, 0.29) is 11.2 Å². The lowest BCUT2D eigenvalue weighted by Crippen LogP contribution is -2.15. The average molecular weight is 288 g/mol. The van der Waals surface area contributed by atoms with E-state index in [1.54, 1.807) is 0 Å². The maximum atomic E-state index is 11.4. The van der Waals surface area contributed by atoms with Gasteiger partial charge in [0.15, 0.2) is 0 Å². The molecule has 0 bridgehead atoms. The van der Waals surface area contributed by atoms with Crippen LogP contribution in [0.2, 0.25) is 0 Å². The largest absolute Gasteiger partial charge is 0.475 e. The molecule has 0 aliphatic carbocycles. The summed E-state index contributed by atoms with van der Waals surface area (Å²) in [5, 5.41) is 10.3. The molecular formula is C18H24O3. The second-order valence-electron chi connectivity index (χ2n) is 6.76. The van der Waals surface area contributed by atoms with Crippen molar-refractivity contribution in [3.63, 3.8) is 0 Å². The van der Waals surface area contributed by atoms with Gasteiger partial charge in [-0.2, -0.15) is 0 Å². The number of fused-ring (bicyclic) bond motifs is 1. The summed E-state index contributed by atoms with van der Waals surface area (Å²) in [5.74, 6) is -0.518. The van der Waals surface area contributed by atoms with Crippen molar-refractivity contribution < 1.29 is 14.3 Å². The lowest BCUT2D eigenvalue weighted by Gasteiger charge is -2.23. The summed E-state index contributed by atoms with van der Waals surface area (Å²) >= 11 is 0. The smallest absolute Gasteiger partial charge is 0.372 e. The third kappa shape index (κ3) is 2.97. The van der Waals surface area contributed by atoms with Crippen LogP contribution in [0.1, 0.15) is 62.7 Å². The first-order chi connectivity index (χ1) is 9.76. The van der Waals surface area contributed by atoms with Crippen LogP contribution in [0.4, 0.5) is 0 Å². The Bertz CT molecular complexity index is 662. The van der Waals surface area contributed by atoms with E-state index in [0.717, 1.165) is 17.4 Å². The first kappa shape index (κ1) is 15.6. The lowest BCUT2D eigenvalue weighted by molar-refractivity contribution is 0.0663. The Morgan fingerprint density at radius 1 is 1.33 bits per heavy atom. The molecule has 0 radical (unpaired) electrons. The molecule has 2 aromatic rings. The molecule has 0 fully saturated rings. The molecule has 0 aliphatic heterocycles. The number of benzene rings is 1. The van der Waals surface area contributed by atoms with Crippen LogP contribution in [0, 0.1) is 5.92 Å². The first-order valence-corrected chi connectivity index (χ1v) is 7.55. The fourth-order valence-electron chi connectivity index (χ4n) is 2.56. The number of hydrogen-bond donors (Lipinski definition) is 1. The highest BCUT2D eigenvalue weighted by atomic mass is 16.4. The highest BCUT2D eigenvalue weighted by Crippen LogP contribution is 2.34. The minimum atomic E-state index is -0.988. The van der Waals surface area contributed by atoms with Crippen molar-refractivity contribution in [3.8, 4) is 0 Å². The quantitative estimate of drug-likeness (QED) is 0.840. The molecule has 2 rings (SSSR count). The predicted molar refractivity (Wildman–Crippen MR) is 85.0 cm³/mol. The van der Waals surface area contributed by atoms with E-state index in [1.165, 1.54) is 5.56 Å². The molecule has 0 saturated carbocycles. The molecule has 1 aromatic carbocycles. The Balaban J connectivity index is 2.67. The van der Waals surface area contributed by atoms with Gasteiger partial charge in [0.25, 0.3) is 0 Å². The van der Waals surface area contributed by atoms with E-state index in [4.69, 9.17) is 4.42 Å². The maximum Gasteiger partial charge on any atom is 0.372 e. The summed E-state index contributed by atoms with van der Waals surface area (Å²) in [5.41, 5.74) is 2.78. The highest BCUT2D eigenvalue weighted by molar-refractivity contribution is 5.95. The van der Waals surface area contributed by atoms with Gasteiger partial charge in [-0.15, -0.1) is 0 Å². The topological polar surface area (TPSA) is 50.4 Å². The minimum Gasteiger partial charge on any atom is -0.475 e. The second kappa shape index (κ2) is 5.55. The molecule has 3 nitrogen and oxygen atoms in total. The van der Waals surface area contributed by atoms with E-state index in [2.05, 4.69) is 40.7 Å². The predicted octanol–water partition coefficient (Wildman–Crippen LogP) is 5.02. The highest BCUT2D eigenvalue weighted by Gasteiger charge is 2.24. The van der Waals surface area contributed by atoms with Crippen molar-refractivity contribution in [1.29, 1.82) is 0 Å². The van der Waals surface area contributed by atoms with Gasteiger partial charge in [0, 0.05) is 10.9 Å². The van der Waals surface area contributed by atoms with E-state index in [1.807, 2.05) is 12.1 Å². The molecule has 0 spiro atoms. The van der Waals surface area contributed by atoms with E-state index in [9.17, 15) is 9.90 Å². The third-order valence-electron chi connectivity index (χ3n) is 4.26. The van der Waals surface area contributed by atoms with Crippen molar-refractivity contribution in [1.82, 2.24) is 0 Å². The summed E-state index contributed by atoms with van der Waals surface area (Å²) in [6.45, 7) is 10.7. The average Bonchev–Trinajstić information content (AvgIpc) is 2.76. The molecular weight excluding hydrogens is 264 g/mol. The van der Waals surface area contributed by atoms with Gasteiger partial charge in [0.05, 0.1) is 0 Å². The summed E-state index contributed by atoms with van der Waals surface area (Å²) in [4.78, 5) is 11.4. The summed E-state index contributed by atoms with van der Waals surface area (Å²) in [7, 11) is 0. The molecule has 0 saturated heterocycles. The molecule has 1 aromatic heterocycles. The van der Waals surface area contributed by atoms with E-state index in [0.29, 0.717) is 17.9 Å². The molecule has 1 N–H and O–H groups in total. The Morgan fingerprint density at radius 3 is 2.52 bits per heavy atom. The SMILES string of the molecule is CCC(C)(C)c1ccc2oc(C(=O)O)c(CC(C)C)c2c1. The van der Waals surface area contributed by atoms with Crippen LogP contribution in [0.5, 0.6) is 0 Å².